The van der Waals surface area contributed by atoms with E-state index in [0.29, 0.717) is 12.3 Å². The molecule has 0 spiro atoms. The van der Waals surface area contributed by atoms with E-state index in [4.69, 9.17) is 22.1 Å². The highest BCUT2D eigenvalue weighted by Crippen LogP contribution is 2.48. The molecule has 2 aliphatic heterocycles. The van der Waals surface area contributed by atoms with Crippen LogP contribution in [0.25, 0.3) is 5.69 Å². The van der Waals surface area contributed by atoms with Crippen molar-refractivity contribution in [3.63, 3.8) is 0 Å². The Morgan fingerprint density at radius 1 is 1.27 bits per heavy atom. The van der Waals surface area contributed by atoms with Gasteiger partial charge in [0.25, 0.3) is 0 Å². The third kappa shape index (κ3) is 2.16. The molecular formula is C16H17ClFN3O. The summed E-state index contributed by atoms with van der Waals surface area (Å²) in [5.74, 6) is -0.450. The van der Waals surface area contributed by atoms with Crippen molar-refractivity contribution in [2.75, 3.05) is 6.61 Å². The fourth-order valence-corrected chi connectivity index (χ4v) is 3.54. The predicted molar refractivity (Wildman–Crippen MR) is 81.5 cm³/mol. The molecule has 5 rings (SSSR count). The summed E-state index contributed by atoms with van der Waals surface area (Å²) in [5, 5.41) is 4.46. The molecule has 3 fully saturated rings. The normalized spacial score (nSPS) is 30.7. The van der Waals surface area contributed by atoms with Gasteiger partial charge in [0.2, 0.25) is 0 Å². The number of halogens is 2. The van der Waals surface area contributed by atoms with E-state index in [-0.39, 0.29) is 16.2 Å². The van der Waals surface area contributed by atoms with Gasteiger partial charge in [-0.05, 0) is 37.8 Å². The number of hydrogen-bond donors (Lipinski definition) is 1. The quantitative estimate of drug-likeness (QED) is 0.924. The van der Waals surface area contributed by atoms with Crippen LogP contribution < -0.4 is 5.73 Å². The molecule has 1 saturated carbocycles. The summed E-state index contributed by atoms with van der Waals surface area (Å²) in [6.45, 7) is 0.591. The third-order valence-corrected chi connectivity index (χ3v) is 5.27. The largest absolute Gasteiger partial charge is 0.368 e. The molecule has 2 saturated heterocycles. The number of rotatable bonds is 2. The molecule has 2 N–H and O–H groups in total. The van der Waals surface area contributed by atoms with Gasteiger partial charge in [0.1, 0.15) is 5.82 Å². The van der Waals surface area contributed by atoms with Crippen LogP contribution in [-0.2, 0) is 10.3 Å². The monoisotopic (exact) mass is 321 g/mol. The van der Waals surface area contributed by atoms with Gasteiger partial charge in [-0.3, -0.25) is 0 Å². The molecule has 1 aromatic heterocycles. The predicted octanol–water partition coefficient (Wildman–Crippen LogP) is 3.16. The van der Waals surface area contributed by atoms with Crippen molar-refractivity contribution in [3.05, 3.63) is 47.0 Å². The molecule has 2 aromatic rings. The molecule has 6 heteroatoms. The minimum atomic E-state index is -0.450. The lowest BCUT2D eigenvalue weighted by atomic mass is 9.69. The van der Waals surface area contributed by atoms with Crippen LogP contribution in [-0.4, -0.2) is 21.9 Å². The number of benzene rings is 1. The summed E-state index contributed by atoms with van der Waals surface area (Å²) in [7, 11) is 0. The zero-order chi connectivity index (χ0) is 15.4. The fraction of sp³-hybridized carbons (Fsp3) is 0.438. The molecule has 0 atom stereocenters. The molecule has 1 aromatic carbocycles. The van der Waals surface area contributed by atoms with E-state index in [1.54, 1.807) is 16.9 Å². The first kappa shape index (κ1) is 14.2. The first-order valence-corrected chi connectivity index (χ1v) is 7.81. The van der Waals surface area contributed by atoms with Crippen LogP contribution in [0, 0.1) is 5.82 Å². The molecule has 22 heavy (non-hydrogen) atoms. The van der Waals surface area contributed by atoms with Crippen molar-refractivity contribution >= 4 is 11.6 Å². The lowest BCUT2D eigenvalue weighted by Crippen LogP contribution is -2.58. The third-order valence-electron chi connectivity index (χ3n) is 4.97. The van der Waals surface area contributed by atoms with Crippen molar-refractivity contribution < 1.29 is 9.13 Å². The van der Waals surface area contributed by atoms with E-state index in [2.05, 4.69) is 5.10 Å². The van der Waals surface area contributed by atoms with E-state index in [1.807, 2.05) is 6.20 Å². The summed E-state index contributed by atoms with van der Waals surface area (Å²) >= 11 is 5.72. The molecule has 0 radical (unpaired) electrons. The highest BCUT2D eigenvalue weighted by Gasteiger charge is 2.49. The van der Waals surface area contributed by atoms with Crippen LogP contribution in [0.3, 0.4) is 0 Å². The van der Waals surface area contributed by atoms with Crippen LogP contribution in [0.15, 0.2) is 30.6 Å². The van der Waals surface area contributed by atoms with Gasteiger partial charge in [-0.25, -0.2) is 9.07 Å². The van der Waals surface area contributed by atoms with Gasteiger partial charge in [0, 0.05) is 23.4 Å². The van der Waals surface area contributed by atoms with Crippen molar-refractivity contribution in [2.45, 2.75) is 36.8 Å². The second-order valence-electron chi connectivity index (χ2n) is 6.42. The van der Waals surface area contributed by atoms with Crippen LogP contribution >= 0.6 is 11.6 Å². The van der Waals surface area contributed by atoms with Crippen LogP contribution in [0.1, 0.15) is 31.2 Å². The molecule has 3 heterocycles. The lowest BCUT2D eigenvalue weighted by Gasteiger charge is -2.51. The Balaban J connectivity index is 1.65. The van der Waals surface area contributed by atoms with Gasteiger partial charge in [-0.1, -0.05) is 11.6 Å². The number of fused-ring (bicyclic) bond motifs is 3. The first-order chi connectivity index (χ1) is 10.5. The topological polar surface area (TPSA) is 53.1 Å². The summed E-state index contributed by atoms with van der Waals surface area (Å²) in [6, 6.07) is 4.66. The maximum Gasteiger partial charge on any atom is 0.143 e. The van der Waals surface area contributed by atoms with Gasteiger partial charge in [-0.2, -0.15) is 5.10 Å². The number of aromatic nitrogens is 2. The highest BCUT2D eigenvalue weighted by atomic mass is 35.5. The molecule has 0 unspecified atom stereocenters. The Morgan fingerprint density at radius 3 is 2.68 bits per heavy atom. The van der Waals surface area contributed by atoms with Crippen molar-refractivity contribution in [3.8, 4) is 5.69 Å². The van der Waals surface area contributed by atoms with Crippen molar-refractivity contribution in [1.82, 2.24) is 9.78 Å². The van der Waals surface area contributed by atoms with Crippen LogP contribution in [0.5, 0.6) is 0 Å². The van der Waals surface area contributed by atoms with Crippen molar-refractivity contribution in [1.29, 1.82) is 0 Å². The molecule has 0 amide bonds. The second kappa shape index (κ2) is 4.78. The van der Waals surface area contributed by atoms with E-state index < -0.39 is 5.82 Å². The maximum atomic E-state index is 13.6. The van der Waals surface area contributed by atoms with E-state index in [0.717, 1.165) is 31.2 Å². The van der Waals surface area contributed by atoms with Gasteiger partial charge in [-0.15, -0.1) is 0 Å². The molecular weight excluding hydrogens is 305 g/mol. The zero-order valence-electron chi connectivity index (χ0n) is 12.1. The Labute approximate surface area is 133 Å². The van der Waals surface area contributed by atoms with E-state index in [1.165, 1.54) is 12.1 Å². The molecule has 116 valence electrons. The number of ether oxygens (including phenoxy) is 1. The van der Waals surface area contributed by atoms with Crippen molar-refractivity contribution in [2.24, 2.45) is 5.73 Å². The van der Waals surface area contributed by atoms with E-state index in [9.17, 15) is 4.39 Å². The Hall–Kier alpha value is -1.43. The molecule has 3 aliphatic rings. The summed E-state index contributed by atoms with van der Waals surface area (Å²) in [4.78, 5) is 0. The highest BCUT2D eigenvalue weighted by molar-refractivity contribution is 6.30. The lowest BCUT2D eigenvalue weighted by molar-refractivity contribution is -0.158. The smallest absolute Gasteiger partial charge is 0.143 e. The fourth-order valence-electron chi connectivity index (χ4n) is 3.42. The van der Waals surface area contributed by atoms with E-state index >= 15 is 0 Å². The van der Waals surface area contributed by atoms with Gasteiger partial charge in [0.15, 0.2) is 0 Å². The average molecular weight is 322 g/mol. The number of hydrogen-bond acceptors (Lipinski definition) is 3. The average Bonchev–Trinajstić information content (AvgIpc) is 3.02. The molecule has 1 aliphatic carbocycles. The first-order valence-electron chi connectivity index (χ1n) is 7.43. The Morgan fingerprint density at radius 2 is 2.05 bits per heavy atom. The number of nitrogens with zero attached hydrogens (tertiary/aromatic N) is 2. The minimum Gasteiger partial charge on any atom is -0.368 e. The minimum absolute atomic E-state index is 0.108. The van der Waals surface area contributed by atoms with Gasteiger partial charge < -0.3 is 10.5 Å². The Kier molecular flexibility index (Phi) is 3.08. The summed E-state index contributed by atoms with van der Waals surface area (Å²) in [6.07, 6.45) is 7.47. The number of nitrogens with two attached hydrogens (primary N) is 1. The zero-order valence-corrected chi connectivity index (χ0v) is 12.8. The molecule has 2 bridgehead atoms. The van der Waals surface area contributed by atoms with Crippen LogP contribution in [0.2, 0.25) is 5.02 Å². The second-order valence-corrected chi connectivity index (χ2v) is 6.82. The standard InChI is InChI=1S/C16H17ClFN3O/c17-13-2-1-12(7-14(13)18)21-9-11(8-20-21)16-5-3-15(19,4-6-16)10-22-16/h1-2,7-9H,3-6,10,19H2. The van der Waals surface area contributed by atoms with Gasteiger partial charge in [0.05, 0.1) is 29.1 Å². The van der Waals surface area contributed by atoms with Gasteiger partial charge >= 0.3 is 0 Å². The SMILES string of the molecule is NC12CCC(c3cnn(-c4ccc(Cl)c(F)c4)c3)(CC1)OC2. The maximum absolute atomic E-state index is 13.6. The summed E-state index contributed by atoms with van der Waals surface area (Å²) < 4.78 is 21.3. The Bertz CT molecular complexity index is 705. The summed E-state index contributed by atoms with van der Waals surface area (Å²) in [5.41, 5.74) is 7.49. The van der Waals surface area contributed by atoms with Crippen LogP contribution in [0.4, 0.5) is 4.39 Å². The molecule has 4 nitrogen and oxygen atoms in total.